The monoisotopic (exact) mass is 372 g/mol. The molecule has 8 heteroatoms. The number of aromatic nitrogens is 1. The Morgan fingerprint density at radius 2 is 1.92 bits per heavy atom. The number of amides is 1. The maximum Gasteiger partial charge on any atom is 0.417 e. The van der Waals surface area contributed by atoms with E-state index in [1.54, 1.807) is 4.90 Å². The van der Waals surface area contributed by atoms with E-state index in [0.717, 1.165) is 25.1 Å². The zero-order valence-corrected chi connectivity index (χ0v) is 15.2. The van der Waals surface area contributed by atoms with Gasteiger partial charge in [-0.25, -0.2) is 9.78 Å². The fourth-order valence-corrected chi connectivity index (χ4v) is 3.75. The summed E-state index contributed by atoms with van der Waals surface area (Å²) in [5, 5.41) is 0. The first-order valence-electron chi connectivity index (χ1n) is 8.67. The van der Waals surface area contributed by atoms with Crippen molar-refractivity contribution >= 4 is 6.09 Å². The Balaban J connectivity index is 1.70. The molecule has 2 bridgehead atoms. The normalized spacial score (nSPS) is 28.3. The van der Waals surface area contributed by atoms with Crippen molar-refractivity contribution in [2.24, 2.45) is 5.92 Å². The highest BCUT2D eigenvalue weighted by Crippen LogP contribution is 2.44. The number of alkyl halides is 3. The zero-order valence-electron chi connectivity index (χ0n) is 15.2. The molecule has 0 N–H and O–H groups in total. The highest BCUT2D eigenvalue weighted by molar-refractivity contribution is 5.70. The van der Waals surface area contributed by atoms with Crippen LogP contribution in [0.15, 0.2) is 18.3 Å². The topological polar surface area (TPSA) is 51.7 Å². The minimum Gasteiger partial charge on any atom is -0.472 e. The molecule has 1 saturated heterocycles. The molecule has 26 heavy (non-hydrogen) atoms. The molecular formula is C18H23F3N2O3. The molecule has 4 atom stereocenters. The molecule has 2 heterocycles. The molecule has 1 amide bonds. The van der Waals surface area contributed by atoms with E-state index in [9.17, 15) is 18.0 Å². The number of hydrogen-bond donors (Lipinski definition) is 0. The number of halogens is 3. The molecule has 0 aromatic carbocycles. The molecule has 1 aromatic heterocycles. The predicted molar refractivity (Wildman–Crippen MR) is 87.7 cm³/mol. The van der Waals surface area contributed by atoms with Gasteiger partial charge in [-0.2, -0.15) is 13.2 Å². The largest absolute Gasteiger partial charge is 0.472 e. The third-order valence-electron chi connectivity index (χ3n) is 4.93. The second-order valence-corrected chi connectivity index (χ2v) is 7.97. The van der Waals surface area contributed by atoms with E-state index in [0.29, 0.717) is 0 Å². The van der Waals surface area contributed by atoms with E-state index < -0.39 is 17.3 Å². The van der Waals surface area contributed by atoms with Crippen LogP contribution in [0.5, 0.6) is 5.88 Å². The summed E-state index contributed by atoms with van der Waals surface area (Å²) in [5.74, 6) is 0.416. The number of fused-ring (bicyclic) bond motifs is 2. The van der Waals surface area contributed by atoms with Crippen LogP contribution in [0.2, 0.25) is 0 Å². The van der Waals surface area contributed by atoms with E-state index >= 15 is 0 Å². The summed E-state index contributed by atoms with van der Waals surface area (Å²) in [6, 6.07) is 2.06. The molecule has 1 aliphatic heterocycles. The van der Waals surface area contributed by atoms with Gasteiger partial charge >= 0.3 is 12.3 Å². The summed E-state index contributed by atoms with van der Waals surface area (Å²) in [5.41, 5.74) is -1.41. The second kappa shape index (κ2) is 6.32. The first-order chi connectivity index (χ1) is 12.0. The molecule has 1 saturated carbocycles. The van der Waals surface area contributed by atoms with E-state index in [4.69, 9.17) is 9.47 Å². The van der Waals surface area contributed by atoms with Crippen molar-refractivity contribution in [2.75, 3.05) is 0 Å². The van der Waals surface area contributed by atoms with Crippen molar-refractivity contribution in [3.63, 3.8) is 0 Å². The molecule has 144 valence electrons. The summed E-state index contributed by atoms with van der Waals surface area (Å²) < 4.78 is 49.2. The van der Waals surface area contributed by atoms with Crippen LogP contribution in [0.3, 0.4) is 0 Å². The van der Waals surface area contributed by atoms with E-state index in [1.807, 2.05) is 27.7 Å². The molecule has 1 aliphatic carbocycles. The Morgan fingerprint density at radius 1 is 1.23 bits per heavy atom. The highest BCUT2D eigenvalue weighted by Gasteiger charge is 2.53. The van der Waals surface area contributed by atoms with Gasteiger partial charge in [0.05, 0.1) is 11.6 Å². The first kappa shape index (κ1) is 18.8. The van der Waals surface area contributed by atoms with Crippen LogP contribution in [0, 0.1) is 5.92 Å². The highest BCUT2D eigenvalue weighted by atomic mass is 19.4. The molecule has 3 rings (SSSR count). The zero-order chi connectivity index (χ0) is 19.3. The minimum absolute atomic E-state index is 0.0512. The smallest absolute Gasteiger partial charge is 0.417 e. The number of likely N-dealkylation sites (tertiary alicyclic amines) is 1. The number of carbonyl (C=O) groups is 1. The van der Waals surface area contributed by atoms with Crippen molar-refractivity contribution in [2.45, 2.75) is 70.5 Å². The van der Waals surface area contributed by atoms with E-state index in [1.165, 1.54) is 6.07 Å². The lowest BCUT2D eigenvalue weighted by molar-refractivity contribution is -0.137. The number of rotatable bonds is 2. The van der Waals surface area contributed by atoms with Gasteiger partial charge in [-0.05, 0) is 52.5 Å². The molecule has 1 aromatic rings. The van der Waals surface area contributed by atoms with E-state index in [2.05, 4.69) is 4.98 Å². The molecule has 0 unspecified atom stereocenters. The van der Waals surface area contributed by atoms with Crippen LogP contribution in [-0.2, 0) is 10.9 Å². The Hall–Kier alpha value is -1.99. The summed E-state index contributed by atoms with van der Waals surface area (Å²) in [6.07, 6.45) is -2.81. The van der Waals surface area contributed by atoms with Crippen LogP contribution < -0.4 is 4.74 Å². The lowest BCUT2D eigenvalue weighted by atomic mass is 9.99. The fraction of sp³-hybridized carbons (Fsp3) is 0.667. The van der Waals surface area contributed by atoms with Crippen molar-refractivity contribution in [3.05, 3.63) is 23.9 Å². The number of ether oxygens (including phenoxy) is 2. The lowest BCUT2D eigenvalue weighted by Crippen LogP contribution is -2.52. The van der Waals surface area contributed by atoms with Gasteiger partial charge in [0.15, 0.2) is 0 Å². The van der Waals surface area contributed by atoms with E-state index in [-0.39, 0.29) is 36.1 Å². The minimum atomic E-state index is -4.43. The predicted octanol–water partition coefficient (Wildman–Crippen LogP) is 4.27. The number of hydrogen-bond acceptors (Lipinski definition) is 4. The first-order valence-corrected chi connectivity index (χ1v) is 8.67. The molecule has 0 radical (unpaired) electrons. The fourth-order valence-electron chi connectivity index (χ4n) is 3.75. The van der Waals surface area contributed by atoms with Crippen molar-refractivity contribution < 1.29 is 27.4 Å². The third-order valence-corrected chi connectivity index (χ3v) is 4.93. The number of piperidine rings is 1. The third kappa shape index (κ3) is 3.73. The number of nitrogens with zero attached hydrogens (tertiary/aromatic N) is 2. The van der Waals surface area contributed by atoms with Gasteiger partial charge in [-0.1, -0.05) is 0 Å². The van der Waals surface area contributed by atoms with Gasteiger partial charge < -0.3 is 9.47 Å². The SMILES string of the molecule is C[C@@H]1[C@H]2C[C@@H](Oc3ccc(C(F)(F)F)cn3)[C@H](C2)N1C(=O)OC(C)(C)C. The van der Waals surface area contributed by atoms with Crippen LogP contribution in [0.25, 0.3) is 0 Å². The Morgan fingerprint density at radius 3 is 2.42 bits per heavy atom. The van der Waals surface area contributed by atoms with Crippen LogP contribution >= 0.6 is 0 Å². The average Bonchev–Trinajstić information content (AvgIpc) is 3.02. The van der Waals surface area contributed by atoms with Gasteiger partial charge in [-0.15, -0.1) is 0 Å². The number of carbonyl (C=O) groups excluding carboxylic acids is 1. The standard InChI is InChI=1S/C18H23F3N2O3/c1-10-11-7-13(23(10)16(24)26-17(2,3)4)14(8-11)25-15-6-5-12(9-22-15)18(19,20)21/h5-6,9-11,13-14H,7-8H2,1-4H3/t10-,11-,13+,14-/m1/s1. The maximum atomic E-state index is 12.6. The Labute approximate surface area is 150 Å². The summed E-state index contributed by atoms with van der Waals surface area (Å²) >= 11 is 0. The maximum absolute atomic E-state index is 12.6. The van der Waals surface area contributed by atoms with Gasteiger partial charge in [-0.3, -0.25) is 4.90 Å². The Bertz CT molecular complexity index is 670. The molecule has 5 nitrogen and oxygen atoms in total. The van der Waals surface area contributed by atoms with Gasteiger partial charge in [0.2, 0.25) is 5.88 Å². The Kier molecular flexibility index (Phi) is 4.56. The van der Waals surface area contributed by atoms with Gasteiger partial charge in [0, 0.05) is 18.3 Å². The average molecular weight is 372 g/mol. The summed E-state index contributed by atoms with van der Waals surface area (Å²) in [6.45, 7) is 7.42. The lowest BCUT2D eigenvalue weighted by Gasteiger charge is -2.38. The molecule has 2 fully saturated rings. The van der Waals surface area contributed by atoms with Crippen molar-refractivity contribution in [3.8, 4) is 5.88 Å². The molecule has 2 aliphatic rings. The van der Waals surface area contributed by atoms with Gasteiger partial charge in [0.25, 0.3) is 0 Å². The van der Waals surface area contributed by atoms with Crippen molar-refractivity contribution in [1.29, 1.82) is 0 Å². The van der Waals surface area contributed by atoms with Crippen LogP contribution in [0.1, 0.15) is 46.1 Å². The summed E-state index contributed by atoms with van der Waals surface area (Å²) in [7, 11) is 0. The molecular weight excluding hydrogens is 349 g/mol. The number of pyridine rings is 1. The van der Waals surface area contributed by atoms with Crippen molar-refractivity contribution in [1.82, 2.24) is 9.88 Å². The molecule has 0 spiro atoms. The second-order valence-electron chi connectivity index (χ2n) is 7.97. The summed E-state index contributed by atoms with van der Waals surface area (Å²) in [4.78, 5) is 18.0. The quantitative estimate of drug-likeness (QED) is 0.778. The van der Waals surface area contributed by atoms with Gasteiger partial charge in [0.1, 0.15) is 11.7 Å². The van der Waals surface area contributed by atoms with Crippen LogP contribution in [0.4, 0.5) is 18.0 Å². The van der Waals surface area contributed by atoms with Crippen LogP contribution in [-0.4, -0.2) is 39.8 Å².